The molecule has 0 heterocycles. The van der Waals surface area contributed by atoms with Gasteiger partial charge in [0.05, 0.1) is 24.3 Å². The van der Waals surface area contributed by atoms with Crippen LogP contribution in [0.15, 0.2) is 77.7 Å². The summed E-state index contributed by atoms with van der Waals surface area (Å²) in [5.74, 6) is -0.567. The van der Waals surface area contributed by atoms with Crippen LogP contribution in [-0.4, -0.2) is 35.0 Å². The van der Waals surface area contributed by atoms with E-state index >= 15 is 0 Å². The fourth-order valence-corrected chi connectivity index (χ4v) is 4.23. The van der Waals surface area contributed by atoms with Crippen molar-refractivity contribution in [3.63, 3.8) is 0 Å². The van der Waals surface area contributed by atoms with E-state index in [1.807, 2.05) is 60.7 Å². The van der Waals surface area contributed by atoms with Gasteiger partial charge in [-0.15, -0.1) is 0 Å². The zero-order chi connectivity index (χ0) is 20.6. The molecule has 2 atom stereocenters. The predicted molar refractivity (Wildman–Crippen MR) is 114 cm³/mol. The van der Waals surface area contributed by atoms with Gasteiger partial charge in [-0.05, 0) is 34.9 Å². The molecule has 0 saturated heterocycles. The Morgan fingerprint density at radius 3 is 2.38 bits per heavy atom. The molecule has 0 aromatic heterocycles. The highest BCUT2D eigenvalue weighted by molar-refractivity contribution is 7.85. The van der Waals surface area contributed by atoms with Crippen molar-refractivity contribution in [3.05, 3.63) is 78.4 Å². The van der Waals surface area contributed by atoms with Crippen LogP contribution in [0.5, 0.6) is 0 Å². The van der Waals surface area contributed by atoms with E-state index in [2.05, 4.69) is 5.32 Å². The minimum Gasteiger partial charge on any atom is -0.467 e. The van der Waals surface area contributed by atoms with Crippen LogP contribution in [0.1, 0.15) is 12.0 Å². The molecule has 6 heteroatoms. The number of esters is 1. The van der Waals surface area contributed by atoms with Gasteiger partial charge >= 0.3 is 5.97 Å². The van der Waals surface area contributed by atoms with Crippen molar-refractivity contribution in [1.29, 1.82) is 0 Å². The van der Waals surface area contributed by atoms with Gasteiger partial charge in [0.1, 0.15) is 6.04 Å². The van der Waals surface area contributed by atoms with Gasteiger partial charge in [-0.3, -0.25) is 9.00 Å². The lowest BCUT2D eigenvalue weighted by Crippen LogP contribution is -2.43. The number of carbonyl (C=O) groups excluding carboxylic acids is 2. The molecule has 1 N–H and O–H groups in total. The lowest BCUT2D eigenvalue weighted by molar-refractivity contribution is -0.145. The number of benzene rings is 3. The summed E-state index contributed by atoms with van der Waals surface area (Å²) >= 11 is 0. The Balaban J connectivity index is 1.61. The number of hydrogen-bond acceptors (Lipinski definition) is 4. The van der Waals surface area contributed by atoms with E-state index < -0.39 is 22.8 Å². The van der Waals surface area contributed by atoms with Gasteiger partial charge in [0.2, 0.25) is 5.91 Å². The summed E-state index contributed by atoms with van der Waals surface area (Å²) in [4.78, 5) is 25.3. The van der Waals surface area contributed by atoms with Crippen molar-refractivity contribution in [2.75, 3.05) is 12.9 Å². The second kappa shape index (κ2) is 9.98. The van der Waals surface area contributed by atoms with Gasteiger partial charge in [-0.1, -0.05) is 60.7 Å². The average molecular weight is 410 g/mol. The van der Waals surface area contributed by atoms with Gasteiger partial charge in [0.25, 0.3) is 0 Å². The molecule has 0 radical (unpaired) electrons. The molecule has 3 aromatic carbocycles. The number of amides is 1. The third-order valence-electron chi connectivity index (χ3n) is 4.60. The van der Waals surface area contributed by atoms with Crippen LogP contribution < -0.4 is 5.32 Å². The molecule has 0 bridgehead atoms. The topological polar surface area (TPSA) is 72.5 Å². The van der Waals surface area contributed by atoms with Crippen LogP contribution in [0.3, 0.4) is 0 Å². The summed E-state index contributed by atoms with van der Waals surface area (Å²) in [6, 6.07) is 22.0. The molecular weight excluding hydrogens is 386 g/mol. The lowest BCUT2D eigenvalue weighted by atomic mass is 10.0. The van der Waals surface area contributed by atoms with Gasteiger partial charge < -0.3 is 10.1 Å². The average Bonchev–Trinajstić information content (AvgIpc) is 2.76. The van der Waals surface area contributed by atoms with Crippen LogP contribution >= 0.6 is 0 Å². The van der Waals surface area contributed by atoms with Crippen molar-refractivity contribution in [3.8, 4) is 0 Å². The predicted octanol–water partition coefficient (Wildman–Crippen LogP) is 3.24. The fourth-order valence-electron chi connectivity index (χ4n) is 3.09. The van der Waals surface area contributed by atoms with Crippen molar-refractivity contribution < 1.29 is 18.5 Å². The molecule has 0 aliphatic heterocycles. The monoisotopic (exact) mass is 409 g/mol. The van der Waals surface area contributed by atoms with Gasteiger partial charge in [0.15, 0.2) is 0 Å². The molecular formula is C23H23NO4S. The first-order valence-corrected chi connectivity index (χ1v) is 10.7. The third kappa shape index (κ3) is 5.74. The second-order valence-corrected chi connectivity index (χ2v) is 8.22. The van der Waals surface area contributed by atoms with E-state index in [1.54, 1.807) is 12.1 Å². The smallest absolute Gasteiger partial charge is 0.328 e. The first-order valence-electron chi connectivity index (χ1n) is 9.35. The van der Waals surface area contributed by atoms with Crippen molar-refractivity contribution in [1.82, 2.24) is 5.32 Å². The maximum atomic E-state index is 12.5. The zero-order valence-electron chi connectivity index (χ0n) is 16.2. The molecule has 0 aliphatic carbocycles. The standard InChI is InChI=1S/C23H23NO4S/c1-28-23(26)21(13-14-29(27)20-9-3-2-4-10-20)24-22(25)16-17-11-12-18-7-5-6-8-19(18)15-17/h2-12,15,21H,13-14,16H2,1H3,(H,24,25)/t21-,29+/m1/s1. The number of nitrogens with one attached hydrogen (secondary N) is 1. The van der Waals surface area contributed by atoms with Gasteiger partial charge in [-0.2, -0.15) is 0 Å². The van der Waals surface area contributed by atoms with Gasteiger partial charge in [0, 0.05) is 10.6 Å². The molecule has 3 rings (SSSR count). The van der Waals surface area contributed by atoms with Gasteiger partial charge in [-0.25, -0.2) is 4.79 Å². The summed E-state index contributed by atoms with van der Waals surface area (Å²) in [7, 11) is 0.0267. The number of hydrogen-bond donors (Lipinski definition) is 1. The molecule has 1 amide bonds. The molecule has 0 spiro atoms. The summed E-state index contributed by atoms with van der Waals surface area (Å²) in [6.45, 7) is 0. The van der Waals surface area contributed by atoms with Crippen LogP contribution in [-0.2, 0) is 31.5 Å². The van der Waals surface area contributed by atoms with Crippen molar-refractivity contribution in [2.24, 2.45) is 0 Å². The van der Waals surface area contributed by atoms with E-state index in [9.17, 15) is 13.8 Å². The molecule has 5 nitrogen and oxygen atoms in total. The van der Waals surface area contributed by atoms with Crippen LogP contribution in [0.25, 0.3) is 10.8 Å². The molecule has 0 aliphatic rings. The maximum absolute atomic E-state index is 12.5. The first-order chi connectivity index (χ1) is 14.1. The first kappa shape index (κ1) is 20.7. The molecule has 0 fully saturated rings. The Hall–Kier alpha value is -2.99. The molecule has 3 aromatic rings. The summed E-state index contributed by atoms with van der Waals surface area (Å²) in [5, 5.41) is 4.88. The van der Waals surface area contributed by atoms with E-state index in [4.69, 9.17) is 4.74 Å². The number of fused-ring (bicyclic) bond motifs is 1. The van der Waals surface area contributed by atoms with E-state index in [1.165, 1.54) is 7.11 Å². The summed E-state index contributed by atoms with van der Waals surface area (Å²) in [5.41, 5.74) is 0.859. The highest BCUT2D eigenvalue weighted by Crippen LogP contribution is 2.16. The van der Waals surface area contributed by atoms with E-state index in [0.717, 1.165) is 16.3 Å². The fraction of sp³-hybridized carbons (Fsp3) is 0.217. The van der Waals surface area contributed by atoms with Crippen molar-refractivity contribution >= 4 is 33.4 Å². The van der Waals surface area contributed by atoms with E-state index in [-0.39, 0.29) is 24.5 Å². The minimum absolute atomic E-state index is 0.153. The summed E-state index contributed by atoms with van der Waals surface area (Å²) < 4.78 is 17.2. The van der Waals surface area contributed by atoms with Crippen molar-refractivity contribution in [2.45, 2.75) is 23.8 Å². The molecule has 0 unspecified atom stereocenters. The number of methoxy groups -OCH3 is 1. The maximum Gasteiger partial charge on any atom is 0.328 e. The molecule has 29 heavy (non-hydrogen) atoms. The molecule has 150 valence electrons. The Labute approximate surface area is 172 Å². The SMILES string of the molecule is COC(=O)[C@@H](CC[S@](=O)c1ccccc1)NC(=O)Cc1ccc2ccccc2c1. The van der Waals surface area contributed by atoms with Crippen LogP contribution in [0.4, 0.5) is 0 Å². The van der Waals surface area contributed by atoms with E-state index in [0.29, 0.717) is 4.90 Å². The largest absolute Gasteiger partial charge is 0.467 e. The number of rotatable bonds is 8. The molecule has 0 saturated carbocycles. The Morgan fingerprint density at radius 2 is 1.66 bits per heavy atom. The normalized spacial score (nSPS) is 12.9. The number of carbonyl (C=O) groups is 2. The Kier molecular flexibility index (Phi) is 7.14. The third-order valence-corrected chi connectivity index (χ3v) is 6.00. The highest BCUT2D eigenvalue weighted by atomic mass is 32.2. The summed E-state index contributed by atoms with van der Waals surface area (Å²) in [6.07, 6.45) is 0.387. The number of ether oxygens (including phenoxy) is 1. The Bertz CT molecular complexity index is 1020. The van der Waals surface area contributed by atoms with Crippen LogP contribution in [0, 0.1) is 0 Å². The van der Waals surface area contributed by atoms with Crippen LogP contribution in [0.2, 0.25) is 0 Å². The quantitative estimate of drug-likeness (QED) is 0.580. The zero-order valence-corrected chi connectivity index (χ0v) is 17.0. The minimum atomic E-state index is -1.25. The Morgan fingerprint density at radius 1 is 0.966 bits per heavy atom. The highest BCUT2D eigenvalue weighted by Gasteiger charge is 2.22. The lowest BCUT2D eigenvalue weighted by Gasteiger charge is -2.16. The second-order valence-electron chi connectivity index (χ2n) is 6.65.